The minimum absolute atomic E-state index is 0.0145. The number of anilines is 2. The van der Waals surface area contributed by atoms with Crippen LogP contribution in [0.15, 0.2) is 84.6 Å². The Morgan fingerprint density at radius 1 is 0.826 bits per heavy atom. The molecule has 5 saturated heterocycles. The van der Waals surface area contributed by atoms with Crippen LogP contribution in [-0.2, 0) is 59.8 Å². The molecule has 4 amide bonds. The third-order valence-corrected chi connectivity index (χ3v) is 19.9. The Morgan fingerprint density at radius 3 is 2.18 bits per heavy atom. The fourth-order valence-electron chi connectivity index (χ4n) is 12.3. The zero-order chi connectivity index (χ0) is 65.3. The first kappa shape index (κ1) is 65.1. The van der Waals surface area contributed by atoms with Gasteiger partial charge in [0, 0.05) is 119 Å². The standard InChI is InChI=1S/C64H70F3N11O12S2/c1-37-60(91-36-70-37)40-8-5-38(6-9-40)7-16-51(79)50-28-45(89-55(83)19-20-56(84)90-78-53(81)17-18-54(78)82)34-77(50)63(86)61(64(2,3)4)71-52(80)35-73-32-44(33-73)75-25-23-74(24-26-75)43-12-10-39(11-13-43)41-27-46-47(30-69-62(46)68-29-41)59(85)57-48(66)14-15-49(58(57)67)72-92(87,88)76-22-21-42(65)31-76/h5-6,8-15,27,29-30,36,42,44-45,50,61,72H,7,16-26,28,31-35H2,1-4H3,(H,68,69)(H,71,80)/t42-,45-,50+,61-/m1/s1. The van der Waals surface area contributed by atoms with Gasteiger partial charge < -0.3 is 29.7 Å². The number of imide groups is 1. The van der Waals surface area contributed by atoms with E-state index in [1.165, 1.54) is 22.4 Å². The first-order chi connectivity index (χ1) is 43.9. The summed E-state index contributed by atoms with van der Waals surface area (Å²) in [6, 6.07) is 17.1. The zero-order valence-corrected chi connectivity index (χ0v) is 52.8. The third-order valence-electron chi connectivity index (χ3n) is 17.5. The maximum absolute atomic E-state index is 15.9. The van der Waals surface area contributed by atoms with Crippen molar-refractivity contribution in [2.75, 3.05) is 75.1 Å². The molecule has 11 rings (SSSR count). The number of nitrogens with zero attached hydrogens (tertiary/aromatic N) is 8. The molecule has 3 N–H and O–H groups in total. The summed E-state index contributed by atoms with van der Waals surface area (Å²) >= 11 is 1.54. The number of ether oxygens (including phenoxy) is 1. The second-order valence-electron chi connectivity index (χ2n) is 24.9. The highest BCUT2D eigenvalue weighted by Crippen LogP contribution is 2.34. The number of benzene rings is 3. The van der Waals surface area contributed by atoms with Crippen LogP contribution in [0.4, 0.5) is 24.5 Å². The first-order valence-corrected chi connectivity index (χ1v) is 32.8. The molecule has 8 heterocycles. The highest BCUT2D eigenvalue weighted by molar-refractivity contribution is 7.90. The van der Waals surface area contributed by atoms with E-state index >= 15 is 8.78 Å². The summed E-state index contributed by atoms with van der Waals surface area (Å²) in [5.74, 6) is -7.91. The monoisotopic (exact) mass is 1310 g/mol. The number of esters is 1. The number of likely N-dealkylation sites (tertiary alicyclic amines) is 2. The van der Waals surface area contributed by atoms with Gasteiger partial charge in [0.15, 0.2) is 11.6 Å². The number of hydrogen-bond donors (Lipinski definition) is 3. The van der Waals surface area contributed by atoms with Gasteiger partial charge in [0.1, 0.15) is 29.8 Å². The largest absolute Gasteiger partial charge is 0.460 e. The van der Waals surface area contributed by atoms with Crippen LogP contribution in [0.25, 0.3) is 32.6 Å². The van der Waals surface area contributed by atoms with Gasteiger partial charge in [-0.25, -0.2) is 27.9 Å². The molecule has 3 aromatic carbocycles. The molecule has 0 unspecified atom stereocenters. The molecule has 486 valence electrons. The number of nitrogens with one attached hydrogen (secondary N) is 3. The van der Waals surface area contributed by atoms with Gasteiger partial charge in [-0.05, 0) is 72.2 Å². The van der Waals surface area contributed by atoms with Crippen molar-refractivity contribution in [2.45, 2.75) is 109 Å². The number of amides is 4. The van der Waals surface area contributed by atoms with E-state index in [1.807, 2.05) is 85.8 Å². The van der Waals surface area contributed by atoms with Crippen molar-refractivity contribution < 1.29 is 69.5 Å². The van der Waals surface area contributed by atoms with Gasteiger partial charge in [0.25, 0.3) is 11.8 Å². The van der Waals surface area contributed by atoms with E-state index in [-0.39, 0.29) is 86.1 Å². The lowest BCUT2D eigenvalue weighted by molar-refractivity contribution is -0.197. The Kier molecular flexibility index (Phi) is 19.1. The molecule has 0 aliphatic carbocycles. The maximum atomic E-state index is 15.9. The molecule has 92 heavy (non-hydrogen) atoms. The summed E-state index contributed by atoms with van der Waals surface area (Å²) in [7, 11) is -4.40. The highest BCUT2D eigenvalue weighted by atomic mass is 32.2. The molecule has 5 aliphatic heterocycles. The molecule has 28 heteroatoms. The number of ketones is 2. The predicted molar refractivity (Wildman–Crippen MR) is 332 cm³/mol. The minimum atomic E-state index is -4.40. The molecule has 5 aliphatic rings. The van der Waals surface area contributed by atoms with Gasteiger partial charge in [-0.3, -0.25) is 48.1 Å². The topological polar surface area (TPSA) is 274 Å². The lowest BCUT2D eigenvalue weighted by Crippen LogP contribution is -2.65. The number of carbonyl (C=O) groups excluding carboxylic acids is 8. The average Bonchev–Trinajstić information content (AvgIpc) is 1.42. The fourth-order valence-corrected chi connectivity index (χ4v) is 14.4. The summed E-state index contributed by atoms with van der Waals surface area (Å²) in [5, 5.41) is 3.66. The fraction of sp³-hybridized carbons (Fsp3) is 0.438. The van der Waals surface area contributed by atoms with Crippen molar-refractivity contribution >= 4 is 91.1 Å². The van der Waals surface area contributed by atoms with Gasteiger partial charge in [0.2, 0.25) is 17.6 Å². The number of rotatable bonds is 22. The number of aromatic nitrogens is 3. The number of alkyl halides is 1. The van der Waals surface area contributed by atoms with Crippen LogP contribution in [0, 0.1) is 24.0 Å². The van der Waals surface area contributed by atoms with Crippen LogP contribution in [-0.4, -0.2) is 190 Å². The second kappa shape index (κ2) is 27.0. The number of carbonyl (C=O) groups is 8. The van der Waals surface area contributed by atoms with Crippen molar-refractivity contribution in [3.63, 3.8) is 0 Å². The summed E-state index contributed by atoms with van der Waals surface area (Å²) in [6.45, 7) is 10.9. The molecule has 0 radical (unpaired) electrons. The lowest BCUT2D eigenvalue weighted by atomic mass is 9.85. The number of pyridine rings is 1. The molecule has 0 spiro atoms. The smallest absolute Gasteiger partial charge is 0.333 e. The molecule has 4 atom stereocenters. The van der Waals surface area contributed by atoms with E-state index in [1.54, 1.807) is 17.8 Å². The van der Waals surface area contributed by atoms with Crippen molar-refractivity contribution in [1.82, 2.24) is 44.3 Å². The predicted octanol–water partition coefficient (Wildman–Crippen LogP) is 6.31. The minimum Gasteiger partial charge on any atom is -0.460 e. The summed E-state index contributed by atoms with van der Waals surface area (Å²) in [6.07, 6.45) is -0.128. The van der Waals surface area contributed by atoms with Crippen molar-refractivity contribution in [3.05, 3.63) is 119 Å². The molecular weight excluding hydrogens is 1240 g/mol. The molecule has 0 saturated carbocycles. The summed E-state index contributed by atoms with van der Waals surface area (Å²) in [4.78, 5) is 132. The third kappa shape index (κ3) is 14.4. The number of aryl methyl sites for hydroxylation is 2. The number of fused-ring (bicyclic) bond motifs is 1. The summed E-state index contributed by atoms with van der Waals surface area (Å²) < 4.78 is 79.3. The number of Topliss-reactive ketones (excluding diaryl/α,β-unsaturated/α-hetero) is 1. The van der Waals surface area contributed by atoms with E-state index in [0.717, 1.165) is 75.6 Å². The van der Waals surface area contributed by atoms with Gasteiger partial charge in [-0.1, -0.05) is 57.2 Å². The van der Waals surface area contributed by atoms with Gasteiger partial charge in [0.05, 0.1) is 59.3 Å². The Labute approximate surface area is 532 Å². The van der Waals surface area contributed by atoms with Crippen LogP contribution in [0.1, 0.15) is 92.9 Å². The summed E-state index contributed by atoms with van der Waals surface area (Å²) in [5.41, 5.74) is 4.71. The zero-order valence-electron chi connectivity index (χ0n) is 51.1. The normalized spacial score (nSPS) is 19.8. The Bertz CT molecular complexity index is 3940. The van der Waals surface area contributed by atoms with Crippen molar-refractivity contribution in [2.24, 2.45) is 5.41 Å². The highest BCUT2D eigenvalue weighted by Gasteiger charge is 2.47. The van der Waals surface area contributed by atoms with Crippen LogP contribution in [0.3, 0.4) is 0 Å². The number of hydroxylamine groups is 2. The SMILES string of the molecule is Cc1ncsc1-c1ccc(CCC(=O)[C@@H]2C[C@@H](OC(=O)CCC(=O)ON3C(=O)CCC3=O)CN2C(=O)[C@@H](NC(=O)CN2CC(N3CCN(c4ccc(-c5cnc6[nH]cc(C(=O)c7c(F)ccc(NS(=O)(=O)N8CC[C@@H](F)C8)c7F)c6c5)cc4)CC3)C2)C(C)(C)C)cc1. The molecule has 6 aromatic rings. The molecule has 0 bridgehead atoms. The molecule has 5 fully saturated rings. The second-order valence-corrected chi connectivity index (χ2v) is 27.4. The first-order valence-electron chi connectivity index (χ1n) is 30.5. The average molecular weight is 1310 g/mol. The van der Waals surface area contributed by atoms with Crippen LogP contribution >= 0.6 is 11.3 Å². The number of hydrogen-bond acceptors (Lipinski definition) is 18. The molecule has 3 aromatic heterocycles. The number of H-pyrrole nitrogens is 1. The van der Waals surface area contributed by atoms with Crippen LogP contribution in [0.2, 0.25) is 0 Å². The van der Waals surface area contributed by atoms with E-state index in [2.05, 4.69) is 30.1 Å². The van der Waals surface area contributed by atoms with Crippen LogP contribution < -0.4 is 14.9 Å². The maximum Gasteiger partial charge on any atom is 0.333 e. The van der Waals surface area contributed by atoms with Gasteiger partial charge in [-0.15, -0.1) is 16.4 Å². The van der Waals surface area contributed by atoms with E-state index in [9.17, 15) is 51.2 Å². The van der Waals surface area contributed by atoms with E-state index in [4.69, 9.17) is 9.57 Å². The van der Waals surface area contributed by atoms with Gasteiger partial charge >= 0.3 is 22.1 Å². The van der Waals surface area contributed by atoms with Crippen molar-refractivity contribution in [1.29, 1.82) is 0 Å². The van der Waals surface area contributed by atoms with Crippen LogP contribution in [0.5, 0.6) is 0 Å². The molecular formula is C64H70F3N11O12S2. The van der Waals surface area contributed by atoms with E-state index in [0.29, 0.717) is 30.1 Å². The Hall–Kier alpha value is -8.44. The molecule has 23 nitrogen and oxygen atoms in total. The number of halogens is 3. The number of thiazole rings is 1. The van der Waals surface area contributed by atoms with E-state index < -0.39 is 118 Å². The van der Waals surface area contributed by atoms with Gasteiger partial charge in [-0.2, -0.15) is 12.7 Å². The van der Waals surface area contributed by atoms with Crippen molar-refractivity contribution in [3.8, 4) is 21.6 Å². The number of aromatic amines is 1. The Morgan fingerprint density at radius 2 is 1.52 bits per heavy atom. The lowest BCUT2D eigenvalue weighted by Gasteiger charge is -2.48. The Balaban J connectivity index is 0.672. The quantitative estimate of drug-likeness (QED) is 0.0381. The number of piperazine rings is 1.